The highest BCUT2D eigenvalue weighted by molar-refractivity contribution is 6.04. The summed E-state index contributed by atoms with van der Waals surface area (Å²) in [6, 6.07) is 23.8. The first-order valence-corrected chi connectivity index (χ1v) is 12.4. The summed E-state index contributed by atoms with van der Waals surface area (Å²) in [5.41, 5.74) is 4.75. The van der Waals surface area contributed by atoms with E-state index < -0.39 is 0 Å². The second-order valence-electron chi connectivity index (χ2n) is 9.16. The predicted molar refractivity (Wildman–Crippen MR) is 146 cm³/mol. The average molecular weight is 505 g/mol. The molecule has 0 aliphatic heterocycles. The molecule has 0 aliphatic carbocycles. The number of carbonyl (C=O) groups excluding carboxylic acids is 1. The SMILES string of the molecule is COCCN(C)C(=O)c1cn(Cc2cncn2Cc2ccc(C#N)cc2)nc1-c1cccc2ccccc12. The molecule has 0 bridgehead atoms. The number of amides is 1. The monoisotopic (exact) mass is 504 g/mol. The lowest BCUT2D eigenvalue weighted by atomic mass is 10.00. The van der Waals surface area contributed by atoms with E-state index >= 15 is 0 Å². The zero-order valence-corrected chi connectivity index (χ0v) is 21.4. The topological polar surface area (TPSA) is 89.0 Å². The number of hydrogen-bond donors (Lipinski definition) is 0. The van der Waals surface area contributed by atoms with Crippen molar-refractivity contribution in [3.63, 3.8) is 0 Å². The number of methoxy groups -OCH3 is 1. The quantitative estimate of drug-likeness (QED) is 0.293. The summed E-state index contributed by atoms with van der Waals surface area (Å²) in [7, 11) is 3.40. The normalized spacial score (nSPS) is 11.0. The minimum atomic E-state index is -0.109. The molecule has 2 heterocycles. The highest BCUT2D eigenvalue weighted by Crippen LogP contribution is 2.31. The van der Waals surface area contributed by atoms with Gasteiger partial charge in [-0.15, -0.1) is 0 Å². The summed E-state index contributed by atoms with van der Waals surface area (Å²) in [5, 5.41) is 16.1. The highest BCUT2D eigenvalue weighted by Gasteiger charge is 2.22. The molecular formula is C30H28N6O2. The van der Waals surface area contributed by atoms with E-state index in [0.717, 1.165) is 27.6 Å². The zero-order chi connectivity index (χ0) is 26.5. The molecule has 0 radical (unpaired) electrons. The fraction of sp³-hybridized carbons (Fsp3) is 0.200. The first-order valence-electron chi connectivity index (χ1n) is 12.4. The standard InChI is InChI=1S/C30H28N6O2/c1-34(14-15-38-2)30(37)28-20-36(33-29(28)27-9-5-7-24-6-3-4-8-26(24)27)19-25-17-32-21-35(25)18-23-12-10-22(16-31)11-13-23/h3-13,17,20-21H,14-15,18-19H2,1-2H3. The smallest absolute Gasteiger partial charge is 0.257 e. The molecule has 190 valence electrons. The van der Waals surface area contributed by atoms with Gasteiger partial charge in [0.15, 0.2) is 0 Å². The molecular weight excluding hydrogens is 476 g/mol. The Morgan fingerprint density at radius 3 is 2.63 bits per heavy atom. The third-order valence-corrected chi connectivity index (χ3v) is 6.57. The molecule has 0 saturated carbocycles. The second-order valence-corrected chi connectivity index (χ2v) is 9.16. The van der Waals surface area contributed by atoms with Gasteiger partial charge in [-0.2, -0.15) is 10.4 Å². The van der Waals surface area contributed by atoms with Crippen molar-refractivity contribution in [2.24, 2.45) is 0 Å². The van der Waals surface area contributed by atoms with E-state index in [0.29, 0.717) is 43.1 Å². The summed E-state index contributed by atoms with van der Waals surface area (Å²) < 4.78 is 9.04. The molecule has 0 atom stereocenters. The van der Waals surface area contributed by atoms with Gasteiger partial charge < -0.3 is 14.2 Å². The maximum Gasteiger partial charge on any atom is 0.257 e. The van der Waals surface area contributed by atoms with Crippen LogP contribution in [0.2, 0.25) is 0 Å². The van der Waals surface area contributed by atoms with E-state index in [9.17, 15) is 4.79 Å². The van der Waals surface area contributed by atoms with Crippen LogP contribution in [0.1, 0.15) is 27.2 Å². The van der Waals surface area contributed by atoms with Crippen LogP contribution < -0.4 is 0 Å². The average Bonchev–Trinajstić information content (AvgIpc) is 3.58. The van der Waals surface area contributed by atoms with Gasteiger partial charge >= 0.3 is 0 Å². The Labute approximate surface area is 221 Å². The number of benzene rings is 3. The Morgan fingerprint density at radius 2 is 1.84 bits per heavy atom. The van der Waals surface area contributed by atoms with Crippen molar-refractivity contribution in [3.8, 4) is 17.3 Å². The molecule has 38 heavy (non-hydrogen) atoms. The maximum atomic E-state index is 13.5. The Balaban J connectivity index is 1.50. The Morgan fingerprint density at radius 1 is 1.05 bits per heavy atom. The van der Waals surface area contributed by atoms with Gasteiger partial charge in [0.1, 0.15) is 5.69 Å². The molecule has 0 spiro atoms. The molecule has 3 aromatic carbocycles. The maximum absolute atomic E-state index is 13.5. The van der Waals surface area contributed by atoms with E-state index in [1.165, 1.54) is 0 Å². The van der Waals surface area contributed by atoms with Crippen molar-refractivity contribution < 1.29 is 9.53 Å². The number of imidazole rings is 1. The van der Waals surface area contributed by atoms with Gasteiger partial charge in [-0.3, -0.25) is 9.48 Å². The van der Waals surface area contributed by atoms with Crippen LogP contribution in [-0.4, -0.2) is 57.4 Å². The van der Waals surface area contributed by atoms with Gasteiger partial charge in [-0.1, -0.05) is 54.6 Å². The Bertz CT molecular complexity index is 1600. The van der Waals surface area contributed by atoms with E-state index in [4.69, 9.17) is 15.1 Å². The molecule has 0 unspecified atom stereocenters. The second kappa shape index (κ2) is 11.1. The molecule has 5 rings (SSSR count). The van der Waals surface area contributed by atoms with Gasteiger partial charge in [-0.25, -0.2) is 4.98 Å². The summed E-state index contributed by atoms with van der Waals surface area (Å²) in [4.78, 5) is 19.5. The molecule has 1 amide bonds. The molecule has 5 aromatic rings. The van der Waals surface area contributed by atoms with Crippen LogP contribution in [-0.2, 0) is 17.8 Å². The minimum Gasteiger partial charge on any atom is -0.383 e. The summed E-state index contributed by atoms with van der Waals surface area (Å²) >= 11 is 0. The van der Waals surface area contributed by atoms with Gasteiger partial charge in [0.05, 0.1) is 48.6 Å². The number of carbonyl (C=O) groups is 1. The van der Waals surface area contributed by atoms with Crippen molar-refractivity contribution in [1.82, 2.24) is 24.2 Å². The number of rotatable bonds is 9. The number of likely N-dealkylation sites (N-methyl/N-ethyl adjacent to an activating group) is 1. The lowest BCUT2D eigenvalue weighted by Gasteiger charge is -2.16. The van der Waals surface area contributed by atoms with Gasteiger partial charge in [0.2, 0.25) is 0 Å². The highest BCUT2D eigenvalue weighted by atomic mass is 16.5. The molecule has 0 N–H and O–H groups in total. The summed E-state index contributed by atoms with van der Waals surface area (Å²) in [6.07, 6.45) is 5.42. The fourth-order valence-corrected chi connectivity index (χ4v) is 4.49. The van der Waals surface area contributed by atoms with E-state index in [2.05, 4.69) is 29.3 Å². The van der Waals surface area contributed by atoms with Crippen LogP contribution in [0.3, 0.4) is 0 Å². The van der Waals surface area contributed by atoms with Crippen molar-refractivity contribution in [2.45, 2.75) is 13.1 Å². The molecule has 8 nitrogen and oxygen atoms in total. The van der Waals surface area contributed by atoms with Crippen molar-refractivity contribution >= 4 is 16.7 Å². The third kappa shape index (κ3) is 5.19. The van der Waals surface area contributed by atoms with Gasteiger partial charge in [0.25, 0.3) is 5.91 Å². The van der Waals surface area contributed by atoms with Gasteiger partial charge in [0, 0.05) is 39.0 Å². The first kappa shape index (κ1) is 24.9. The van der Waals surface area contributed by atoms with E-state index in [1.54, 1.807) is 30.1 Å². The zero-order valence-electron chi connectivity index (χ0n) is 21.4. The Kier molecular flexibility index (Phi) is 7.29. The van der Waals surface area contributed by atoms with E-state index in [1.807, 2.05) is 65.5 Å². The number of fused-ring (bicyclic) bond motifs is 1. The molecule has 8 heteroatoms. The number of ether oxygens (including phenoxy) is 1. The van der Waals surface area contributed by atoms with Crippen LogP contribution >= 0.6 is 0 Å². The van der Waals surface area contributed by atoms with Crippen molar-refractivity contribution in [2.75, 3.05) is 27.3 Å². The lowest BCUT2D eigenvalue weighted by molar-refractivity contribution is 0.0745. The molecule has 0 saturated heterocycles. The number of hydrogen-bond acceptors (Lipinski definition) is 5. The molecule has 2 aromatic heterocycles. The first-order chi connectivity index (χ1) is 18.6. The lowest BCUT2D eigenvalue weighted by Crippen LogP contribution is -2.30. The Hall–Kier alpha value is -4.74. The number of nitrogens with zero attached hydrogens (tertiary/aromatic N) is 6. The van der Waals surface area contributed by atoms with Crippen LogP contribution in [0.15, 0.2) is 85.5 Å². The predicted octanol–water partition coefficient (Wildman–Crippen LogP) is 4.59. The van der Waals surface area contributed by atoms with E-state index in [-0.39, 0.29) is 5.91 Å². The van der Waals surface area contributed by atoms with Crippen molar-refractivity contribution in [1.29, 1.82) is 5.26 Å². The minimum absolute atomic E-state index is 0.109. The molecule has 0 fully saturated rings. The van der Waals surface area contributed by atoms with Crippen LogP contribution in [0.4, 0.5) is 0 Å². The van der Waals surface area contributed by atoms with Gasteiger partial charge in [-0.05, 0) is 28.5 Å². The summed E-state index contributed by atoms with van der Waals surface area (Å²) in [6.45, 7) is 1.99. The number of nitriles is 1. The largest absolute Gasteiger partial charge is 0.383 e. The third-order valence-electron chi connectivity index (χ3n) is 6.57. The summed E-state index contributed by atoms with van der Waals surface area (Å²) in [5.74, 6) is -0.109. The van der Waals surface area contributed by atoms with Crippen molar-refractivity contribution in [3.05, 3.63) is 108 Å². The van der Waals surface area contributed by atoms with Crippen LogP contribution in [0, 0.1) is 11.3 Å². The van der Waals surface area contributed by atoms with Crippen LogP contribution in [0.5, 0.6) is 0 Å². The fourth-order valence-electron chi connectivity index (χ4n) is 4.49. The molecule has 0 aliphatic rings. The number of aromatic nitrogens is 4. The van der Waals surface area contributed by atoms with Crippen LogP contribution in [0.25, 0.3) is 22.0 Å².